The van der Waals surface area contributed by atoms with Crippen molar-refractivity contribution in [3.8, 4) is 6.07 Å². The van der Waals surface area contributed by atoms with Gasteiger partial charge in [0.2, 0.25) is 0 Å². The molecule has 0 aromatic carbocycles. The molecule has 2 aliphatic rings. The van der Waals surface area contributed by atoms with Crippen molar-refractivity contribution in [2.24, 2.45) is 11.8 Å². The largest absolute Gasteiger partial charge is 0.238 e. The minimum atomic E-state index is 0.495. The minimum absolute atomic E-state index is 0.495. The van der Waals surface area contributed by atoms with E-state index in [2.05, 4.69) is 28.2 Å². The van der Waals surface area contributed by atoms with E-state index in [0.29, 0.717) is 23.4 Å². The molecule has 0 amide bonds. The highest BCUT2D eigenvalue weighted by molar-refractivity contribution is 5.28. The molecular formula is C13H13N3. The van der Waals surface area contributed by atoms with Crippen molar-refractivity contribution >= 4 is 0 Å². The lowest BCUT2D eigenvalue weighted by Gasteiger charge is -2.17. The number of fused-ring (bicyclic) bond motifs is 2. The first-order valence-corrected chi connectivity index (χ1v) is 5.70. The van der Waals surface area contributed by atoms with Crippen LogP contribution in [0.3, 0.4) is 0 Å². The van der Waals surface area contributed by atoms with E-state index in [1.165, 1.54) is 12.8 Å². The number of hydrogen-bond acceptors (Lipinski definition) is 3. The summed E-state index contributed by atoms with van der Waals surface area (Å²) in [6.07, 6.45) is 7.07. The first-order chi connectivity index (χ1) is 7.76. The SMILES string of the molecule is Cc1nc(C#N)cc([C@H]2C[C@H]3C=C[C@H]2C3)n1. The highest BCUT2D eigenvalue weighted by Crippen LogP contribution is 2.48. The summed E-state index contributed by atoms with van der Waals surface area (Å²) in [5, 5.41) is 8.91. The summed E-state index contributed by atoms with van der Waals surface area (Å²) in [4.78, 5) is 8.58. The van der Waals surface area contributed by atoms with Gasteiger partial charge < -0.3 is 0 Å². The van der Waals surface area contributed by atoms with Gasteiger partial charge in [0.25, 0.3) is 0 Å². The lowest BCUT2D eigenvalue weighted by Crippen LogP contribution is -2.09. The number of aromatic nitrogens is 2. The highest BCUT2D eigenvalue weighted by atomic mass is 14.9. The molecule has 80 valence electrons. The van der Waals surface area contributed by atoms with Crippen LogP contribution in [-0.4, -0.2) is 9.97 Å². The maximum Gasteiger partial charge on any atom is 0.144 e. The van der Waals surface area contributed by atoms with Crippen LogP contribution in [0.1, 0.15) is 36.0 Å². The highest BCUT2D eigenvalue weighted by Gasteiger charge is 2.37. The van der Waals surface area contributed by atoms with Gasteiger partial charge in [0.1, 0.15) is 17.6 Å². The van der Waals surface area contributed by atoms with E-state index in [0.717, 1.165) is 11.6 Å². The molecule has 3 atom stereocenters. The fraction of sp³-hybridized carbons (Fsp3) is 0.462. The van der Waals surface area contributed by atoms with Gasteiger partial charge >= 0.3 is 0 Å². The average molecular weight is 211 g/mol. The number of hydrogen-bond donors (Lipinski definition) is 0. The summed E-state index contributed by atoms with van der Waals surface area (Å²) in [7, 11) is 0. The molecule has 1 aromatic rings. The van der Waals surface area contributed by atoms with Gasteiger partial charge in [-0.05, 0) is 37.7 Å². The maximum absolute atomic E-state index is 8.91. The molecule has 1 saturated carbocycles. The zero-order valence-corrected chi connectivity index (χ0v) is 9.22. The smallest absolute Gasteiger partial charge is 0.144 e. The van der Waals surface area contributed by atoms with Crippen molar-refractivity contribution < 1.29 is 0 Å². The van der Waals surface area contributed by atoms with E-state index < -0.39 is 0 Å². The number of aryl methyl sites for hydroxylation is 1. The topological polar surface area (TPSA) is 49.6 Å². The van der Waals surface area contributed by atoms with Gasteiger partial charge in [-0.1, -0.05) is 12.2 Å². The fourth-order valence-corrected chi connectivity index (χ4v) is 2.96. The molecule has 3 nitrogen and oxygen atoms in total. The Hall–Kier alpha value is -1.69. The monoisotopic (exact) mass is 211 g/mol. The molecule has 1 fully saturated rings. The quantitative estimate of drug-likeness (QED) is 0.670. The van der Waals surface area contributed by atoms with Crippen LogP contribution in [0.4, 0.5) is 0 Å². The molecule has 3 heteroatoms. The summed E-state index contributed by atoms with van der Waals surface area (Å²) in [5.74, 6) is 2.58. The van der Waals surface area contributed by atoms with Crippen molar-refractivity contribution in [2.75, 3.05) is 0 Å². The molecule has 16 heavy (non-hydrogen) atoms. The van der Waals surface area contributed by atoms with E-state index in [-0.39, 0.29) is 0 Å². The second kappa shape index (κ2) is 3.41. The third kappa shape index (κ3) is 1.42. The molecule has 0 spiro atoms. The van der Waals surface area contributed by atoms with Crippen molar-refractivity contribution in [2.45, 2.75) is 25.7 Å². The van der Waals surface area contributed by atoms with Gasteiger partial charge in [-0.2, -0.15) is 5.26 Å². The standard InChI is InChI=1S/C13H13N3/c1-8-15-11(7-14)6-13(16-8)12-5-9-2-3-10(12)4-9/h2-3,6,9-10,12H,4-5H2,1H3/t9-,10-,12-/m0/s1. The Labute approximate surface area is 94.8 Å². The molecule has 2 bridgehead atoms. The van der Waals surface area contributed by atoms with Crippen LogP contribution < -0.4 is 0 Å². The van der Waals surface area contributed by atoms with Crippen LogP contribution in [0.2, 0.25) is 0 Å². The van der Waals surface area contributed by atoms with Crippen molar-refractivity contribution in [3.63, 3.8) is 0 Å². The van der Waals surface area contributed by atoms with Crippen molar-refractivity contribution in [1.29, 1.82) is 5.26 Å². The van der Waals surface area contributed by atoms with Gasteiger partial charge in [0, 0.05) is 11.6 Å². The molecule has 0 saturated heterocycles. The van der Waals surface area contributed by atoms with Crippen molar-refractivity contribution in [3.05, 3.63) is 35.4 Å². The second-order valence-corrected chi connectivity index (χ2v) is 4.72. The molecule has 2 aliphatic carbocycles. The van der Waals surface area contributed by atoms with Crippen LogP contribution >= 0.6 is 0 Å². The average Bonchev–Trinajstić information content (AvgIpc) is 2.89. The lowest BCUT2D eigenvalue weighted by molar-refractivity contribution is 0.566. The Morgan fingerprint density at radius 1 is 1.31 bits per heavy atom. The summed E-state index contributed by atoms with van der Waals surface area (Å²) in [5.41, 5.74) is 1.55. The van der Waals surface area contributed by atoms with E-state index in [9.17, 15) is 0 Å². The zero-order chi connectivity index (χ0) is 11.1. The van der Waals surface area contributed by atoms with Crippen LogP contribution in [-0.2, 0) is 0 Å². The Balaban J connectivity index is 1.98. The number of nitriles is 1. The van der Waals surface area contributed by atoms with Crippen LogP contribution in [0.25, 0.3) is 0 Å². The van der Waals surface area contributed by atoms with Gasteiger partial charge in [0.05, 0.1) is 0 Å². The Morgan fingerprint density at radius 2 is 2.19 bits per heavy atom. The molecule has 0 radical (unpaired) electrons. The minimum Gasteiger partial charge on any atom is -0.238 e. The lowest BCUT2D eigenvalue weighted by atomic mass is 9.90. The van der Waals surface area contributed by atoms with E-state index in [1.54, 1.807) is 0 Å². The summed E-state index contributed by atoms with van der Waals surface area (Å²) < 4.78 is 0. The molecule has 0 aliphatic heterocycles. The van der Waals surface area contributed by atoms with Gasteiger partial charge in [-0.3, -0.25) is 0 Å². The van der Waals surface area contributed by atoms with E-state index >= 15 is 0 Å². The van der Waals surface area contributed by atoms with E-state index in [4.69, 9.17) is 5.26 Å². The molecule has 3 rings (SSSR count). The van der Waals surface area contributed by atoms with Crippen LogP contribution in [0.15, 0.2) is 18.2 Å². The molecule has 1 heterocycles. The second-order valence-electron chi connectivity index (χ2n) is 4.72. The predicted molar refractivity (Wildman–Crippen MR) is 59.6 cm³/mol. The Bertz CT molecular complexity index is 498. The first-order valence-electron chi connectivity index (χ1n) is 5.70. The third-order valence-electron chi connectivity index (χ3n) is 3.63. The predicted octanol–water partition coefficient (Wildman–Crippen LogP) is 2.34. The van der Waals surface area contributed by atoms with Gasteiger partial charge in [-0.25, -0.2) is 9.97 Å². The molecule has 0 unspecified atom stereocenters. The Kier molecular flexibility index (Phi) is 2.03. The normalized spacial score (nSPS) is 30.6. The summed E-state index contributed by atoms with van der Waals surface area (Å²) in [6.45, 7) is 1.85. The zero-order valence-electron chi connectivity index (χ0n) is 9.22. The summed E-state index contributed by atoms with van der Waals surface area (Å²) in [6, 6.07) is 3.96. The molecule has 0 N–H and O–H groups in total. The van der Waals surface area contributed by atoms with Gasteiger partial charge in [-0.15, -0.1) is 0 Å². The third-order valence-corrected chi connectivity index (χ3v) is 3.63. The van der Waals surface area contributed by atoms with Gasteiger partial charge in [0.15, 0.2) is 0 Å². The van der Waals surface area contributed by atoms with E-state index in [1.807, 2.05) is 13.0 Å². The van der Waals surface area contributed by atoms with Crippen molar-refractivity contribution in [1.82, 2.24) is 9.97 Å². The number of nitrogens with zero attached hydrogens (tertiary/aromatic N) is 3. The van der Waals surface area contributed by atoms with Crippen LogP contribution in [0.5, 0.6) is 0 Å². The number of allylic oxidation sites excluding steroid dienone is 2. The maximum atomic E-state index is 8.91. The molecular weight excluding hydrogens is 198 g/mol. The molecule has 1 aromatic heterocycles. The van der Waals surface area contributed by atoms with Crippen LogP contribution in [0, 0.1) is 30.1 Å². The fourth-order valence-electron chi connectivity index (χ4n) is 2.96. The number of rotatable bonds is 1. The first kappa shape index (κ1) is 9.53. The summed E-state index contributed by atoms with van der Waals surface area (Å²) >= 11 is 0. The Morgan fingerprint density at radius 3 is 2.81 bits per heavy atom.